The number of likely N-dealkylation sites (tertiary alicyclic amines) is 1. The summed E-state index contributed by atoms with van der Waals surface area (Å²) >= 11 is 0. The molecule has 98 valence electrons. The molecule has 2 heterocycles. The molecule has 0 radical (unpaired) electrons. The molecule has 1 aromatic heterocycles. The second-order valence-electron chi connectivity index (χ2n) is 5.12. The fraction of sp³-hybridized carbons (Fsp3) is 0.571. The summed E-state index contributed by atoms with van der Waals surface area (Å²) in [5.41, 5.74) is 1.15. The largest absolute Gasteiger partial charge is 0.348 e. The molecule has 0 bridgehead atoms. The quantitative estimate of drug-likeness (QED) is 0.809. The first-order valence-corrected chi connectivity index (χ1v) is 6.50. The maximum atomic E-state index is 11.7. The van der Waals surface area contributed by atoms with Crippen molar-refractivity contribution in [2.75, 3.05) is 33.7 Å². The first kappa shape index (κ1) is 13.0. The number of carbonyl (C=O) groups is 1. The third-order valence-corrected chi connectivity index (χ3v) is 3.47. The van der Waals surface area contributed by atoms with Crippen LogP contribution in [0.4, 0.5) is 0 Å². The van der Waals surface area contributed by atoms with E-state index in [1.54, 1.807) is 4.90 Å². The van der Waals surface area contributed by atoms with Crippen LogP contribution in [0.1, 0.15) is 24.5 Å². The van der Waals surface area contributed by atoms with Crippen LogP contribution in [0.25, 0.3) is 0 Å². The molecule has 1 amide bonds. The maximum Gasteiger partial charge on any atom is 0.236 e. The number of nitrogens with zero attached hydrogens (tertiary/aromatic N) is 3. The van der Waals surface area contributed by atoms with Crippen LogP contribution in [0.5, 0.6) is 0 Å². The Balaban J connectivity index is 1.95. The number of hydrogen-bond acceptors (Lipinski definition) is 3. The Morgan fingerprint density at radius 1 is 1.50 bits per heavy atom. The van der Waals surface area contributed by atoms with Crippen molar-refractivity contribution in [2.45, 2.75) is 18.8 Å². The molecule has 1 fully saturated rings. The lowest BCUT2D eigenvalue weighted by molar-refractivity contribution is -0.130. The highest BCUT2D eigenvalue weighted by Crippen LogP contribution is 2.24. The molecule has 1 aromatic rings. The van der Waals surface area contributed by atoms with Gasteiger partial charge >= 0.3 is 0 Å². The summed E-state index contributed by atoms with van der Waals surface area (Å²) in [6.45, 7) is 2.48. The van der Waals surface area contributed by atoms with Crippen LogP contribution in [0.15, 0.2) is 24.4 Å². The monoisotopic (exact) mass is 247 g/mol. The zero-order valence-corrected chi connectivity index (χ0v) is 11.2. The first-order chi connectivity index (χ1) is 8.66. The molecule has 0 unspecified atom stereocenters. The molecule has 4 heteroatoms. The first-order valence-electron chi connectivity index (χ1n) is 6.50. The van der Waals surface area contributed by atoms with Gasteiger partial charge in [-0.1, -0.05) is 6.07 Å². The van der Waals surface area contributed by atoms with Gasteiger partial charge < -0.3 is 4.90 Å². The Hall–Kier alpha value is -1.42. The van der Waals surface area contributed by atoms with E-state index in [0.29, 0.717) is 12.5 Å². The molecule has 1 aliphatic heterocycles. The van der Waals surface area contributed by atoms with Crippen molar-refractivity contribution in [3.63, 3.8) is 0 Å². The second-order valence-corrected chi connectivity index (χ2v) is 5.12. The van der Waals surface area contributed by atoms with Gasteiger partial charge in [-0.05, 0) is 31.5 Å². The molecule has 1 atom stereocenters. The van der Waals surface area contributed by atoms with E-state index in [1.165, 1.54) is 6.42 Å². The van der Waals surface area contributed by atoms with Crippen LogP contribution in [0.3, 0.4) is 0 Å². The normalized spacial score (nSPS) is 20.7. The van der Waals surface area contributed by atoms with Crippen molar-refractivity contribution >= 4 is 5.91 Å². The van der Waals surface area contributed by atoms with Gasteiger partial charge in [0.2, 0.25) is 5.91 Å². The van der Waals surface area contributed by atoms with Crippen molar-refractivity contribution in [1.82, 2.24) is 14.8 Å². The number of pyridine rings is 1. The van der Waals surface area contributed by atoms with Crippen LogP contribution in [-0.4, -0.2) is 54.4 Å². The van der Waals surface area contributed by atoms with E-state index in [4.69, 9.17) is 0 Å². The second kappa shape index (κ2) is 5.96. The minimum atomic E-state index is 0.177. The lowest BCUT2D eigenvalue weighted by atomic mass is 9.94. The van der Waals surface area contributed by atoms with Gasteiger partial charge in [0.05, 0.1) is 6.54 Å². The number of aromatic nitrogens is 1. The standard InChI is InChI=1S/C14H21N3O/c1-16(2)14(18)11-17-9-5-6-12(10-17)13-7-3-4-8-15-13/h3-4,7-8,12H,5-6,9-11H2,1-2H3/t12-/m1/s1. The van der Waals surface area contributed by atoms with E-state index in [2.05, 4.69) is 16.0 Å². The molecular formula is C14H21N3O. The summed E-state index contributed by atoms with van der Waals surface area (Å²) < 4.78 is 0. The molecule has 4 nitrogen and oxygen atoms in total. The summed E-state index contributed by atoms with van der Waals surface area (Å²) in [4.78, 5) is 20.1. The lowest BCUT2D eigenvalue weighted by Gasteiger charge is -2.32. The van der Waals surface area contributed by atoms with Crippen LogP contribution in [-0.2, 0) is 4.79 Å². The van der Waals surface area contributed by atoms with Gasteiger partial charge in [-0.2, -0.15) is 0 Å². The number of rotatable bonds is 3. The fourth-order valence-corrected chi connectivity index (χ4v) is 2.39. The van der Waals surface area contributed by atoms with Gasteiger partial charge in [0.15, 0.2) is 0 Å². The van der Waals surface area contributed by atoms with Crippen molar-refractivity contribution in [3.8, 4) is 0 Å². The lowest BCUT2D eigenvalue weighted by Crippen LogP contribution is -2.41. The van der Waals surface area contributed by atoms with Crippen LogP contribution < -0.4 is 0 Å². The summed E-state index contributed by atoms with van der Waals surface area (Å²) in [6, 6.07) is 6.06. The predicted molar refractivity (Wildman–Crippen MR) is 71.3 cm³/mol. The SMILES string of the molecule is CN(C)C(=O)CN1CCC[C@@H](c2ccccn2)C1. The zero-order chi connectivity index (χ0) is 13.0. The zero-order valence-electron chi connectivity index (χ0n) is 11.2. The van der Waals surface area contributed by atoms with Crippen LogP contribution in [0, 0.1) is 0 Å². The van der Waals surface area contributed by atoms with Gasteiger partial charge in [0.1, 0.15) is 0 Å². The molecule has 1 aliphatic rings. The van der Waals surface area contributed by atoms with Crippen molar-refractivity contribution in [1.29, 1.82) is 0 Å². The Labute approximate surface area is 109 Å². The third kappa shape index (κ3) is 3.29. The van der Waals surface area contributed by atoms with E-state index in [9.17, 15) is 4.79 Å². The summed E-state index contributed by atoms with van der Waals surface area (Å²) in [7, 11) is 3.62. The van der Waals surface area contributed by atoms with Gasteiger partial charge in [-0.25, -0.2) is 0 Å². The van der Waals surface area contributed by atoms with Gasteiger partial charge in [-0.3, -0.25) is 14.7 Å². The average Bonchev–Trinajstić information content (AvgIpc) is 2.40. The van der Waals surface area contributed by atoms with E-state index < -0.39 is 0 Å². The number of likely N-dealkylation sites (N-methyl/N-ethyl adjacent to an activating group) is 1. The van der Waals surface area contributed by atoms with Crippen LogP contribution >= 0.6 is 0 Å². The van der Waals surface area contributed by atoms with E-state index in [1.807, 2.05) is 32.4 Å². The highest BCUT2D eigenvalue weighted by Gasteiger charge is 2.23. The number of carbonyl (C=O) groups excluding carboxylic acids is 1. The number of hydrogen-bond donors (Lipinski definition) is 0. The molecule has 18 heavy (non-hydrogen) atoms. The predicted octanol–water partition coefficient (Wildman–Crippen LogP) is 1.35. The molecule has 0 spiro atoms. The van der Waals surface area contributed by atoms with E-state index in [-0.39, 0.29) is 5.91 Å². The molecule has 0 aliphatic carbocycles. The third-order valence-electron chi connectivity index (χ3n) is 3.47. The summed E-state index contributed by atoms with van der Waals surface area (Å²) in [5, 5.41) is 0. The van der Waals surface area contributed by atoms with Gasteiger partial charge in [-0.15, -0.1) is 0 Å². The Kier molecular flexibility index (Phi) is 4.31. The van der Waals surface area contributed by atoms with E-state index >= 15 is 0 Å². The summed E-state index contributed by atoms with van der Waals surface area (Å²) in [6.07, 6.45) is 4.16. The number of piperidine rings is 1. The minimum absolute atomic E-state index is 0.177. The van der Waals surface area contributed by atoms with Gasteiger partial charge in [0, 0.05) is 38.4 Å². The Morgan fingerprint density at radius 3 is 3.00 bits per heavy atom. The number of amides is 1. The molecule has 2 rings (SSSR count). The van der Waals surface area contributed by atoms with Gasteiger partial charge in [0.25, 0.3) is 0 Å². The molecule has 0 saturated carbocycles. The van der Waals surface area contributed by atoms with Crippen molar-refractivity contribution in [3.05, 3.63) is 30.1 Å². The van der Waals surface area contributed by atoms with Crippen molar-refractivity contribution in [2.24, 2.45) is 0 Å². The Morgan fingerprint density at radius 2 is 2.33 bits per heavy atom. The minimum Gasteiger partial charge on any atom is -0.348 e. The highest BCUT2D eigenvalue weighted by molar-refractivity contribution is 5.77. The van der Waals surface area contributed by atoms with Crippen molar-refractivity contribution < 1.29 is 4.79 Å². The fourth-order valence-electron chi connectivity index (χ4n) is 2.39. The molecule has 0 N–H and O–H groups in total. The molecular weight excluding hydrogens is 226 g/mol. The van der Waals surface area contributed by atoms with E-state index in [0.717, 1.165) is 25.2 Å². The summed E-state index contributed by atoms with van der Waals surface area (Å²) in [5.74, 6) is 0.645. The highest BCUT2D eigenvalue weighted by atomic mass is 16.2. The average molecular weight is 247 g/mol. The molecule has 1 saturated heterocycles. The Bertz CT molecular complexity index is 391. The topological polar surface area (TPSA) is 36.4 Å². The van der Waals surface area contributed by atoms with Crippen LogP contribution in [0.2, 0.25) is 0 Å². The maximum absolute atomic E-state index is 11.7. The molecule has 0 aromatic carbocycles. The smallest absolute Gasteiger partial charge is 0.236 e.